The van der Waals surface area contributed by atoms with Crippen LogP contribution in [-0.4, -0.2) is 34.5 Å². The Bertz CT molecular complexity index is 694. The number of hydrogen-bond acceptors (Lipinski definition) is 4. The second-order valence-corrected chi connectivity index (χ2v) is 6.67. The maximum Gasteiger partial charge on any atom is 0.246 e. The van der Waals surface area contributed by atoms with Gasteiger partial charge in [0.25, 0.3) is 0 Å². The van der Waals surface area contributed by atoms with Crippen molar-refractivity contribution >= 4 is 10.0 Å². The fraction of sp³-hybridized carbons (Fsp3) is 0.385. The topological polar surface area (TPSA) is 68.1 Å². The average molecular weight is 294 g/mol. The number of nitrogens with zero attached hydrogens (tertiary/aromatic N) is 4. The first-order valence-corrected chi connectivity index (χ1v) is 7.66. The van der Waals surface area contributed by atoms with Crippen LogP contribution in [0.4, 0.5) is 0 Å². The SMILES string of the molecule is Cc1c(S(=O)(=O)N(C)[C@@H](C)c2cccnc2)cnn1C. The zero-order valence-corrected chi connectivity index (χ0v) is 12.8. The van der Waals surface area contributed by atoms with Gasteiger partial charge in [0.2, 0.25) is 10.0 Å². The molecule has 0 N–H and O–H groups in total. The Morgan fingerprint density at radius 2 is 2.05 bits per heavy atom. The summed E-state index contributed by atoms with van der Waals surface area (Å²) in [7, 11) is -0.284. The van der Waals surface area contributed by atoms with Gasteiger partial charge in [-0.25, -0.2) is 8.42 Å². The Morgan fingerprint density at radius 3 is 2.55 bits per heavy atom. The first kappa shape index (κ1) is 14.7. The summed E-state index contributed by atoms with van der Waals surface area (Å²) >= 11 is 0. The molecule has 6 nitrogen and oxygen atoms in total. The van der Waals surface area contributed by atoms with Crippen LogP contribution < -0.4 is 0 Å². The quantitative estimate of drug-likeness (QED) is 0.857. The van der Waals surface area contributed by atoms with E-state index in [0.717, 1.165) is 5.56 Å². The highest BCUT2D eigenvalue weighted by Gasteiger charge is 2.29. The van der Waals surface area contributed by atoms with Crippen LogP contribution in [0.5, 0.6) is 0 Å². The maximum absolute atomic E-state index is 12.6. The molecule has 2 aromatic rings. The molecule has 0 fully saturated rings. The molecule has 0 aromatic carbocycles. The third-order valence-electron chi connectivity index (χ3n) is 3.56. The van der Waals surface area contributed by atoms with E-state index in [4.69, 9.17) is 0 Å². The van der Waals surface area contributed by atoms with E-state index >= 15 is 0 Å². The lowest BCUT2D eigenvalue weighted by atomic mass is 10.1. The molecule has 0 unspecified atom stereocenters. The van der Waals surface area contributed by atoms with Gasteiger partial charge in [-0.2, -0.15) is 9.40 Å². The van der Waals surface area contributed by atoms with Crippen LogP contribution in [0.3, 0.4) is 0 Å². The van der Waals surface area contributed by atoms with E-state index in [-0.39, 0.29) is 10.9 Å². The van der Waals surface area contributed by atoms with E-state index in [0.29, 0.717) is 5.69 Å². The number of sulfonamides is 1. The van der Waals surface area contributed by atoms with Crippen molar-refractivity contribution in [3.05, 3.63) is 42.0 Å². The molecular formula is C13H18N4O2S. The van der Waals surface area contributed by atoms with Crippen molar-refractivity contribution in [1.29, 1.82) is 0 Å². The third-order valence-corrected chi connectivity index (χ3v) is 5.59. The van der Waals surface area contributed by atoms with Gasteiger partial charge in [0.15, 0.2) is 0 Å². The van der Waals surface area contributed by atoms with Crippen molar-refractivity contribution < 1.29 is 8.42 Å². The molecule has 0 aliphatic carbocycles. The van der Waals surface area contributed by atoms with Crippen LogP contribution >= 0.6 is 0 Å². The van der Waals surface area contributed by atoms with E-state index in [1.807, 2.05) is 13.0 Å². The Morgan fingerprint density at radius 1 is 1.35 bits per heavy atom. The molecule has 0 amide bonds. The van der Waals surface area contributed by atoms with Crippen molar-refractivity contribution in [1.82, 2.24) is 19.1 Å². The first-order valence-electron chi connectivity index (χ1n) is 6.22. The molecule has 2 aromatic heterocycles. The van der Waals surface area contributed by atoms with Crippen LogP contribution in [0, 0.1) is 6.92 Å². The molecule has 2 rings (SSSR count). The highest BCUT2D eigenvalue weighted by molar-refractivity contribution is 7.89. The lowest BCUT2D eigenvalue weighted by Crippen LogP contribution is -2.30. The lowest BCUT2D eigenvalue weighted by molar-refractivity contribution is 0.397. The standard InChI is InChI=1S/C13H18N4O2S/c1-10(12-6-5-7-14-8-12)17(4)20(18,19)13-9-15-16(3)11(13)2/h5-10H,1-4H3/t10-/m0/s1. The Hall–Kier alpha value is -1.73. The van der Waals surface area contributed by atoms with Crippen LogP contribution in [-0.2, 0) is 17.1 Å². The Kier molecular flexibility index (Phi) is 3.92. The average Bonchev–Trinajstić information content (AvgIpc) is 2.79. The number of pyridine rings is 1. The number of aromatic nitrogens is 3. The number of rotatable bonds is 4. The highest BCUT2D eigenvalue weighted by atomic mass is 32.2. The van der Waals surface area contributed by atoms with Crippen molar-refractivity contribution in [3.8, 4) is 0 Å². The van der Waals surface area contributed by atoms with Gasteiger partial charge < -0.3 is 0 Å². The van der Waals surface area contributed by atoms with E-state index in [1.54, 1.807) is 44.2 Å². The predicted molar refractivity (Wildman–Crippen MR) is 75.5 cm³/mol. The van der Waals surface area contributed by atoms with Gasteiger partial charge in [0.1, 0.15) is 4.90 Å². The molecule has 20 heavy (non-hydrogen) atoms. The molecule has 0 saturated heterocycles. The smallest absolute Gasteiger partial charge is 0.246 e. The van der Waals surface area contributed by atoms with Crippen LogP contribution in [0.25, 0.3) is 0 Å². The molecule has 0 spiro atoms. The molecule has 0 bridgehead atoms. The van der Waals surface area contributed by atoms with Gasteiger partial charge >= 0.3 is 0 Å². The minimum Gasteiger partial charge on any atom is -0.272 e. The summed E-state index contributed by atoms with van der Waals surface area (Å²) in [6.45, 7) is 3.57. The van der Waals surface area contributed by atoms with Crippen LogP contribution in [0.15, 0.2) is 35.6 Å². The summed E-state index contributed by atoms with van der Waals surface area (Å²) in [6.07, 6.45) is 4.72. The monoisotopic (exact) mass is 294 g/mol. The molecular weight excluding hydrogens is 276 g/mol. The molecule has 7 heteroatoms. The van der Waals surface area contributed by atoms with E-state index < -0.39 is 10.0 Å². The summed E-state index contributed by atoms with van der Waals surface area (Å²) in [5.41, 5.74) is 1.47. The molecule has 108 valence electrons. The van der Waals surface area contributed by atoms with Gasteiger partial charge in [-0.1, -0.05) is 6.07 Å². The number of aryl methyl sites for hydroxylation is 1. The molecule has 2 heterocycles. The van der Waals surface area contributed by atoms with E-state index in [2.05, 4.69) is 10.1 Å². The highest BCUT2D eigenvalue weighted by Crippen LogP contribution is 2.26. The van der Waals surface area contributed by atoms with Crippen LogP contribution in [0.2, 0.25) is 0 Å². The van der Waals surface area contributed by atoms with E-state index in [1.165, 1.54) is 10.5 Å². The number of hydrogen-bond donors (Lipinski definition) is 0. The van der Waals surface area contributed by atoms with Crippen LogP contribution in [0.1, 0.15) is 24.2 Å². The summed E-state index contributed by atoms with van der Waals surface area (Å²) in [4.78, 5) is 4.26. The molecule has 0 aliphatic heterocycles. The normalized spacial score (nSPS) is 13.7. The van der Waals surface area contributed by atoms with Gasteiger partial charge in [-0.05, 0) is 25.5 Å². The molecule has 0 radical (unpaired) electrons. The zero-order chi connectivity index (χ0) is 14.9. The Balaban J connectivity index is 2.37. The summed E-state index contributed by atoms with van der Waals surface area (Å²) < 4.78 is 28.2. The third kappa shape index (κ3) is 2.46. The molecule has 0 saturated carbocycles. The van der Waals surface area contributed by atoms with Crippen molar-refractivity contribution in [2.75, 3.05) is 7.05 Å². The largest absolute Gasteiger partial charge is 0.272 e. The molecule has 0 aliphatic rings. The molecule has 1 atom stereocenters. The van der Waals surface area contributed by atoms with Gasteiger partial charge in [0.05, 0.1) is 11.9 Å². The zero-order valence-electron chi connectivity index (χ0n) is 12.0. The summed E-state index contributed by atoms with van der Waals surface area (Å²) in [6, 6.07) is 3.36. The van der Waals surface area contributed by atoms with Crippen molar-refractivity contribution in [3.63, 3.8) is 0 Å². The Labute approximate surface area is 119 Å². The second-order valence-electron chi connectivity index (χ2n) is 4.70. The fourth-order valence-corrected chi connectivity index (χ4v) is 3.46. The summed E-state index contributed by atoms with van der Waals surface area (Å²) in [5.74, 6) is 0. The van der Waals surface area contributed by atoms with Crippen molar-refractivity contribution in [2.45, 2.75) is 24.8 Å². The lowest BCUT2D eigenvalue weighted by Gasteiger charge is -2.24. The first-order chi connectivity index (χ1) is 9.35. The van der Waals surface area contributed by atoms with Gasteiger partial charge in [-0.3, -0.25) is 9.67 Å². The maximum atomic E-state index is 12.6. The minimum absolute atomic E-state index is 0.234. The second kappa shape index (κ2) is 5.34. The summed E-state index contributed by atoms with van der Waals surface area (Å²) in [5, 5.41) is 4.00. The van der Waals surface area contributed by atoms with E-state index in [9.17, 15) is 8.42 Å². The predicted octanol–water partition coefficient (Wildman–Crippen LogP) is 1.51. The fourth-order valence-electron chi connectivity index (χ4n) is 1.93. The van der Waals surface area contributed by atoms with Crippen molar-refractivity contribution in [2.24, 2.45) is 7.05 Å². The van der Waals surface area contributed by atoms with Gasteiger partial charge in [-0.15, -0.1) is 0 Å². The minimum atomic E-state index is -3.57. The van der Waals surface area contributed by atoms with Gasteiger partial charge in [0, 0.05) is 32.5 Å².